The highest BCUT2D eigenvalue weighted by Crippen LogP contribution is 2.12. The highest BCUT2D eigenvalue weighted by Gasteiger charge is 2.12. The maximum Gasteiger partial charge on any atom is 0.292 e. The molecule has 0 atom stereocenters. The molecule has 0 aliphatic heterocycles. The Morgan fingerprint density at radius 2 is 2.17 bits per heavy atom. The average Bonchev–Trinajstić information content (AvgIpc) is 2.75. The summed E-state index contributed by atoms with van der Waals surface area (Å²) < 4.78 is 1.45. The van der Waals surface area contributed by atoms with Crippen molar-refractivity contribution in [3.8, 4) is 0 Å². The van der Waals surface area contributed by atoms with Crippen LogP contribution in [-0.2, 0) is 0 Å². The molecule has 1 aromatic carbocycles. The van der Waals surface area contributed by atoms with Crippen molar-refractivity contribution in [2.45, 2.75) is 0 Å². The van der Waals surface area contributed by atoms with E-state index in [1.54, 1.807) is 12.1 Å². The van der Waals surface area contributed by atoms with Gasteiger partial charge in [0.15, 0.2) is 11.5 Å². The average molecular weight is 244 g/mol. The predicted octanol–water partition coefficient (Wildman–Crippen LogP) is -0.335. The van der Waals surface area contributed by atoms with Crippen molar-refractivity contribution in [1.29, 1.82) is 0 Å². The molecule has 0 saturated heterocycles. The first kappa shape index (κ1) is 10.3. The number of hydrogen-bond acceptors (Lipinski definition) is 5. The van der Waals surface area contributed by atoms with Gasteiger partial charge in [-0.1, -0.05) is 17.3 Å². The summed E-state index contributed by atoms with van der Waals surface area (Å²) in [7, 11) is 0. The van der Waals surface area contributed by atoms with E-state index in [4.69, 9.17) is 10.9 Å². The summed E-state index contributed by atoms with van der Waals surface area (Å²) in [6, 6.07) is 7.26. The predicted molar refractivity (Wildman–Crippen MR) is 63.6 cm³/mol. The van der Waals surface area contributed by atoms with E-state index in [9.17, 15) is 4.79 Å². The lowest BCUT2D eigenvalue weighted by atomic mass is 10.3. The summed E-state index contributed by atoms with van der Waals surface area (Å²) in [5, 5.41) is 13.9. The Kier molecular flexibility index (Phi) is 2.03. The molecule has 0 fully saturated rings. The number of fused-ring (bicyclic) bond motifs is 3. The SMILES string of the molecule is N/C(=N\O)c1nc2nc3ccccc3n2[nH]c1=O. The van der Waals surface area contributed by atoms with Crippen LogP contribution in [0.15, 0.2) is 34.2 Å². The van der Waals surface area contributed by atoms with Crippen LogP contribution >= 0.6 is 0 Å². The van der Waals surface area contributed by atoms with E-state index in [-0.39, 0.29) is 17.3 Å². The molecule has 0 aliphatic carbocycles. The van der Waals surface area contributed by atoms with Gasteiger partial charge in [-0.2, -0.15) is 0 Å². The molecule has 8 nitrogen and oxygen atoms in total. The van der Waals surface area contributed by atoms with E-state index >= 15 is 0 Å². The Labute approximate surface area is 99.4 Å². The maximum atomic E-state index is 11.7. The quantitative estimate of drug-likeness (QED) is 0.234. The third-order valence-electron chi connectivity index (χ3n) is 2.53. The van der Waals surface area contributed by atoms with Crippen LogP contribution in [-0.4, -0.2) is 30.6 Å². The molecule has 3 aromatic rings. The number of oxime groups is 1. The molecule has 0 unspecified atom stereocenters. The van der Waals surface area contributed by atoms with Gasteiger partial charge in [0, 0.05) is 0 Å². The number of para-hydroxylation sites is 2. The molecular formula is C10H8N6O2. The fourth-order valence-electron chi connectivity index (χ4n) is 1.72. The summed E-state index contributed by atoms with van der Waals surface area (Å²) >= 11 is 0. The lowest BCUT2D eigenvalue weighted by Crippen LogP contribution is -2.28. The largest absolute Gasteiger partial charge is 0.409 e. The van der Waals surface area contributed by atoms with Crippen LogP contribution in [0.2, 0.25) is 0 Å². The molecule has 3 rings (SSSR count). The van der Waals surface area contributed by atoms with Gasteiger partial charge < -0.3 is 10.9 Å². The van der Waals surface area contributed by atoms with Crippen molar-refractivity contribution in [3.63, 3.8) is 0 Å². The second-order valence-corrected chi connectivity index (χ2v) is 3.62. The van der Waals surface area contributed by atoms with Gasteiger partial charge in [-0.05, 0) is 12.1 Å². The summed E-state index contributed by atoms with van der Waals surface area (Å²) in [6.45, 7) is 0. The number of aromatic nitrogens is 4. The minimum Gasteiger partial charge on any atom is -0.409 e. The highest BCUT2D eigenvalue weighted by atomic mass is 16.4. The Morgan fingerprint density at radius 3 is 2.94 bits per heavy atom. The maximum absolute atomic E-state index is 11.7. The molecule has 90 valence electrons. The van der Waals surface area contributed by atoms with Gasteiger partial charge in [-0.15, -0.1) is 0 Å². The molecule has 2 heterocycles. The number of aromatic amines is 1. The van der Waals surface area contributed by atoms with Gasteiger partial charge in [0.25, 0.3) is 11.3 Å². The second-order valence-electron chi connectivity index (χ2n) is 3.62. The Morgan fingerprint density at radius 1 is 1.39 bits per heavy atom. The number of nitrogens with two attached hydrogens (primary N) is 1. The van der Waals surface area contributed by atoms with Gasteiger partial charge in [0.1, 0.15) is 0 Å². The van der Waals surface area contributed by atoms with E-state index in [1.165, 1.54) is 4.52 Å². The number of imidazole rings is 1. The molecule has 8 heteroatoms. The first-order valence-corrected chi connectivity index (χ1v) is 5.06. The zero-order valence-electron chi connectivity index (χ0n) is 9.03. The standard InChI is InChI=1S/C10H8N6O2/c11-8(15-18)7-9(17)14-16-6-4-2-1-3-5(6)12-10(16)13-7/h1-4,18H,(H2,11,15)(H,14,17). The van der Waals surface area contributed by atoms with Crippen LogP contribution in [0.5, 0.6) is 0 Å². The lowest BCUT2D eigenvalue weighted by molar-refractivity contribution is 0.318. The Hall–Kier alpha value is -2.90. The van der Waals surface area contributed by atoms with Crippen molar-refractivity contribution in [2.75, 3.05) is 0 Å². The number of nitrogens with one attached hydrogen (secondary N) is 1. The van der Waals surface area contributed by atoms with Crippen molar-refractivity contribution >= 4 is 22.6 Å². The zero-order valence-corrected chi connectivity index (χ0v) is 9.03. The first-order valence-electron chi connectivity index (χ1n) is 5.06. The minimum absolute atomic E-state index is 0.166. The van der Waals surface area contributed by atoms with E-state index in [1.807, 2.05) is 12.1 Å². The van der Waals surface area contributed by atoms with E-state index in [0.29, 0.717) is 5.52 Å². The first-order chi connectivity index (χ1) is 8.70. The van der Waals surface area contributed by atoms with Crippen LogP contribution < -0.4 is 11.3 Å². The van der Waals surface area contributed by atoms with Crippen LogP contribution in [0, 0.1) is 0 Å². The molecule has 0 radical (unpaired) electrons. The van der Waals surface area contributed by atoms with Gasteiger partial charge in [-0.3, -0.25) is 9.89 Å². The van der Waals surface area contributed by atoms with Gasteiger partial charge in [0.05, 0.1) is 11.0 Å². The van der Waals surface area contributed by atoms with Crippen LogP contribution in [0.1, 0.15) is 5.69 Å². The Bertz CT molecular complexity index is 831. The summed E-state index contributed by atoms with van der Waals surface area (Å²) in [5.41, 5.74) is 6.06. The molecule has 0 aliphatic rings. The molecule has 2 aromatic heterocycles. The number of rotatable bonds is 1. The number of H-pyrrole nitrogens is 1. The molecule has 18 heavy (non-hydrogen) atoms. The smallest absolute Gasteiger partial charge is 0.292 e. The highest BCUT2D eigenvalue weighted by molar-refractivity contribution is 5.95. The van der Waals surface area contributed by atoms with E-state index < -0.39 is 5.56 Å². The van der Waals surface area contributed by atoms with Gasteiger partial charge in [0.2, 0.25) is 0 Å². The molecule has 0 amide bonds. The van der Waals surface area contributed by atoms with E-state index in [2.05, 4.69) is 20.2 Å². The number of amidine groups is 1. The fraction of sp³-hybridized carbons (Fsp3) is 0. The third-order valence-corrected chi connectivity index (χ3v) is 2.53. The van der Waals surface area contributed by atoms with E-state index in [0.717, 1.165) is 5.52 Å². The fourth-order valence-corrected chi connectivity index (χ4v) is 1.72. The van der Waals surface area contributed by atoms with Crippen LogP contribution in [0.3, 0.4) is 0 Å². The summed E-state index contributed by atoms with van der Waals surface area (Å²) in [4.78, 5) is 19.9. The van der Waals surface area contributed by atoms with Gasteiger partial charge in [-0.25, -0.2) is 14.5 Å². The van der Waals surface area contributed by atoms with Crippen molar-refractivity contribution in [2.24, 2.45) is 10.9 Å². The number of benzene rings is 1. The zero-order chi connectivity index (χ0) is 12.7. The number of hydrogen-bond donors (Lipinski definition) is 3. The van der Waals surface area contributed by atoms with Crippen LogP contribution in [0.25, 0.3) is 16.8 Å². The monoisotopic (exact) mass is 244 g/mol. The molecule has 0 bridgehead atoms. The third kappa shape index (κ3) is 1.32. The van der Waals surface area contributed by atoms with Crippen molar-refractivity contribution in [3.05, 3.63) is 40.3 Å². The second kappa shape index (κ2) is 3.55. The Balaban J connectivity index is 2.44. The number of nitrogens with zero attached hydrogens (tertiary/aromatic N) is 4. The van der Waals surface area contributed by atoms with Gasteiger partial charge >= 0.3 is 0 Å². The molecule has 0 saturated carbocycles. The lowest BCUT2D eigenvalue weighted by Gasteiger charge is -1.98. The molecule has 4 N–H and O–H groups in total. The summed E-state index contributed by atoms with van der Waals surface area (Å²) in [6.07, 6.45) is 0. The minimum atomic E-state index is -0.555. The molecule has 0 spiro atoms. The normalized spacial score (nSPS) is 12.3. The molecular weight excluding hydrogens is 236 g/mol. The van der Waals surface area contributed by atoms with Crippen molar-refractivity contribution < 1.29 is 5.21 Å². The topological polar surface area (TPSA) is 122 Å². The van der Waals surface area contributed by atoms with Crippen molar-refractivity contribution in [1.82, 2.24) is 19.6 Å². The van der Waals surface area contributed by atoms with Crippen LogP contribution in [0.4, 0.5) is 0 Å². The summed E-state index contributed by atoms with van der Waals surface area (Å²) in [5.74, 6) is -0.0804.